The number of nitrogens with one attached hydrogen (secondary N) is 1. The number of carbonyl (C=O) groups is 1. The summed E-state index contributed by atoms with van der Waals surface area (Å²) in [6.45, 7) is 7.54. The van der Waals surface area contributed by atoms with Gasteiger partial charge in [-0.2, -0.15) is 0 Å². The first-order valence-electron chi connectivity index (χ1n) is 6.57. The first-order valence-corrected chi connectivity index (χ1v) is 8.88. The molecule has 4 nitrogen and oxygen atoms in total. The zero-order chi connectivity index (χ0) is 15.5. The Labute approximate surface area is 124 Å². The predicted molar refractivity (Wildman–Crippen MR) is 80.8 cm³/mol. The van der Waals surface area contributed by atoms with Crippen LogP contribution in [0.25, 0.3) is 0 Å². The summed E-state index contributed by atoms with van der Waals surface area (Å²) in [6, 6.07) is 2.90. The summed E-state index contributed by atoms with van der Waals surface area (Å²) >= 11 is 0. The molecule has 1 aromatic carbocycles. The fourth-order valence-corrected chi connectivity index (χ4v) is 2.80. The number of aryl methyl sites for hydroxylation is 1. The van der Waals surface area contributed by atoms with E-state index in [2.05, 4.69) is 5.32 Å². The normalized spacial score (nSPS) is 11.7. The van der Waals surface area contributed by atoms with Crippen molar-refractivity contribution in [2.24, 2.45) is 0 Å². The van der Waals surface area contributed by atoms with Crippen molar-refractivity contribution in [2.45, 2.75) is 51.5 Å². The molecule has 20 heavy (non-hydrogen) atoms. The minimum absolute atomic E-state index is 0.0445. The zero-order valence-corrected chi connectivity index (χ0v) is 13.7. The lowest BCUT2D eigenvalue weighted by Gasteiger charge is -2.17. The monoisotopic (exact) mass is 317 g/mol. The summed E-state index contributed by atoms with van der Waals surface area (Å²) in [5.74, 6) is -0.263. The predicted octanol–water partition coefficient (Wildman–Crippen LogP) is 3.15. The van der Waals surface area contributed by atoms with Gasteiger partial charge in [-0.25, -0.2) is 8.42 Å². The molecule has 1 N–H and O–H groups in total. The third-order valence-electron chi connectivity index (χ3n) is 3.49. The quantitative estimate of drug-likeness (QED) is 0.848. The van der Waals surface area contributed by atoms with Crippen molar-refractivity contribution in [2.75, 3.05) is 0 Å². The summed E-state index contributed by atoms with van der Waals surface area (Å²) in [5.41, 5.74) is 1.84. The molecule has 0 heterocycles. The molecule has 1 aromatic rings. The van der Waals surface area contributed by atoms with Crippen molar-refractivity contribution >= 4 is 25.6 Å². The second-order valence-electron chi connectivity index (χ2n) is 4.84. The number of carbonyl (C=O) groups excluding carboxylic acids is 1. The van der Waals surface area contributed by atoms with Gasteiger partial charge < -0.3 is 5.32 Å². The SMILES string of the molecule is CCC(CC)NC(=O)c1cc(S(=O)(=O)Cl)cc(C)c1C. The van der Waals surface area contributed by atoms with E-state index in [1.54, 1.807) is 13.8 Å². The van der Waals surface area contributed by atoms with Crippen LogP contribution in [0.2, 0.25) is 0 Å². The van der Waals surface area contributed by atoms with E-state index in [9.17, 15) is 13.2 Å². The van der Waals surface area contributed by atoms with Crippen LogP contribution in [0.5, 0.6) is 0 Å². The van der Waals surface area contributed by atoms with E-state index in [-0.39, 0.29) is 16.8 Å². The summed E-state index contributed by atoms with van der Waals surface area (Å²) in [5, 5.41) is 2.90. The third kappa shape index (κ3) is 3.96. The smallest absolute Gasteiger partial charge is 0.261 e. The molecule has 0 radical (unpaired) electrons. The maximum atomic E-state index is 12.3. The lowest BCUT2D eigenvalue weighted by atomic mass is 10.0. The Morgan fingerprint density at radius 3 is 2.25 bits per heavy atom. The van der Waals surface area contributed by atoms with Gasteiger partial charge in [0.1, 0.15) is 0 Å². The fraction of sp³-hybridized carbons (Fsp3) is 0.500. The van der Waals surface area contributed by atoms with Crippen LogP contribution >= 0.6 is 10.7 Å². The van der Waals surface area contributed by atoms with E-state index in [1.165, 1.54) is 12.1 Å². The van der Waals surface area contributed by atoms with Gasteiger partial charge in [0.2, 0.25) is 0 Å². The number of rotatable bonds is 5. The largest absolute Gasteiger partial charge is 0.349 e. The van der Waals surface area contributed by atoms with Crippen molar-refractivity contribution in [1.29, 1.82) is 0 Å². The number of halogens is 1. The van der Waals surface area contributed by atoms with Gasteiger partial charge in [-0.1, -0.05) is 13.8 Å². The Morgan fingerprint density at radius 2 is 1.80 bits per heavy atom. The van der Waals surface area contributed by atoms with Gasteiger partial charge >= 0.3 is 0 Å². The second kappa shape index (κ2) is 6.59. The molecule has 0 aromatic heterocycles. The molecule has 0 aliphatic carbocycles. The van der Waals surface area contributed by atoms with E-state index < -0.39 is 9.05 Å². The maximum Gasteiger partial charge on any atom is 0.261 e. The highest BCUT2D eigenvalue weighted by molar-refractivity contribution is 8.13. The van der Waals surface area contributed by atoms with E-state index in [0.717, 1.165) is 24.0 Å². The fourth-order valence-electron chi connectivity index (χ4n) is 1.96. The molecule has 1 amide bonds. The molecule has 0 spiro atoms. The van der Waals surface area contributed by atoms with Crippen molar-refractivity contribution in [3.63, 3.8) is 0 Å². The van der Waals surface area contributed by atoms with Crippen LogP contribution in [0, 0.1) is 13.8 Å². The average molecular weight is 318 g/mol. The number of hydrogen-bond acceptors (Lipinski definition) is 3. The molecule has 0 aliphatic heterocycles. The van der Waals surface area contributed by atoms with Gasteiger partial charge in [-0.15, -0.1) is 0 Å². The van der Waals surface area contributed by atoms with E-state index in [0.29, 0.717) is 5.56 Å². The van der Waals surface area contributed by atoms with Crippen LogP contribution in [0.3, 0.4) is 0 Å². The molecule has 0 atom stereocenters. The zero-order valence-electron chi connectivity index (χ0n) is 12.2. The maximum absolute atomic E-state index is 12.3. The first-order chi connectivity index (χ1) is 9.20. The van der Waals surface area contributed by atoms with Crippen molar-refractivity contribution in [3.05, 3.63) is 28.8 Å². The highest BCUT2D eigenvalue weighted by Crippen LogP contribution is 2.22. The van der Waals surface area contributed by atoms with Gasteiger partial charge in [-0.3, -0.25) is 4.79 Å². The molecule has 0 fully saturated rings. The molecule has 0 saturated heterocycles. The van der Waals surface area contributed by atoms with Gasteiger partial charge in [0.25, 0.3) is 15.0 Å². The van der Waals surface area contributed by atoms with Crippen molar-refractivity contribution in [1.82, 2.24) is 5.32 Å². The van der Waals surface area contributed by atoms with Crippen molar-refractivity contribution < 1.29 is 13.2 Å². The minimum atomic E-state index is -3.85. The van der Waals surface area contributed by atoms with Crippen LogP contribution in [0.15, 0.2) is 17.0 Å². The number of hydrogen-bond donors (Lipinski definition) is 1. The Bertz CT molecular complexity index is 607. The van der Waals surface area contributed by atoms with Gasteiger partial charge in [0.05, 0.1) is 4.90 Å². The van der Waals surface area contributed by atoms with Crippen LogP contribution in [-0.4, -0.2) is 20.4 Å². The van der Waals surface area contributed by atoms with Crippen molar-refractivity contribution in [3.8, 4) is 0 Å². The summed E-state index contributed by atoms with van der Waals surface area (Å²) < 4.78 is 22.9. The molecule has 0 aliphatic rings. The molecular formula is C14H20ClNO3S. The van der Waals surface area contributed by atoms with E-state index >= 15 is 0 Å². The molecule has 0 bridgehead atoms. The van der Waals surface area contributed by atoms with Crippen LogP contribution in [-0.2, 0) is 9.05 Å². The van der Waals surface area contributed by atoms with Gasteiger partial charge in [-0.05, 0) is 49.9 Å². The molecule has 1 rings (SSSR count). The standard InChI is InChI=1S/C14H20ClNO3S/c1-5-11(6-2)16-14(17)13-8-12(20(15,18)19)7-9(3)10(13)4/h7-8,11H,5-6H2,1-4H3,(H,16,17). The Hall–Kier alpha value is -1.07. The molecule has 0 unspecified atom stereocenters. The molecular weight excluding hydrogens is 298 g/mol. The van der Waals surface area contributed by atoms with Gasteiger partial charge in [0.15, 0.2) is 0 Å². The average Bonchev–Trinajstić information content (AvgIpc) is 2.37. The molecule has 6 heteroatoms. The molecule has 112 valence electrons. The Kier molecular flexibility index (Phi) is 5.59. The third-order valence-corrected chi connectivity index (χ3v) is 4.82. The highest BCUT2D eigenvalue weighted by atomic mass is 35.7. The number of benzene rings is 1. The second-order valence-corrected chi connectivity index (χ2v) is 7.40. The highest BCUT2D eigenvalue weighted by Gasteiger charge is 2.19. The van der Waals surface area contributed by atoms with E-state index in [4.69, 9.17) is 10.7 Å². The summed E-state index contributed by atoms with van der Waals surface area (Å²) in [7, 11) is 1.51. The topological polar surface area (TPSA) is 63.2 Å². The summed E-state index contributed by atoms with van der Waals surface area (Å²) in [6.07, 6.45) is 1.65. The van der Waals surface area contributed by atoms with Gasteiger partial charge in [0, 0.05) is 22.3 Å². The summed E-state index contributed by atoms with van der Waals surface area (Å²) in [4.78, 5) is 12.2. The molecule has 0 saturated carbocycles. The van der Waals surface area contributed by atoms with Crippen LogP contribution < -0.4 is 5.32 Å². The number of amides is 1. The Morgan fingerprint density at radius 1 is 1.25 bits per heavy atom. The lowest BCUT2D eigenvalue weighted by molar-refractivity contribution is 0.0934. The van der Waals surface area contributed by atoms with Crippen LogP contribution in [0.4, 0.5) is 0 Å². The Balaban J connectivity index is 3.24. The first kappa shape index (κ1) is 17.0. The van der Waals surface area contributed by atoms with Crippen LogP contribution in [0.1, 0.15) is 48.2 Å². The minimum Gasteiger partial charge on any atom is -0.349 e. The lowest BCUT2D eigenvalue weighted by Crippen LogP contribution is -2.34. The van der Waals surface area contributed by atoms with E-state index in [1.807, 2.05) is 13.8 Å².